The second-order valence-electron chi connectivity index (χ2n) is 6.78. The molecule has 0 saturated heterocycles. The highest BCUT2D eigenvalue weighted by molar-refractivity contribution is 7.17. The number of anilines is 1. The third-order valence-corrected chi connectivity index (χ3v) is 5.99. The Morgan fingerprint density at radius 2 is 2.00 bits per heavy atom. The Bertz CT molecular complexity index is 930. The van der Waals surface area contributed by atoms with Gasteiger partial charge in [-0.2, -0.15) is 0 Å². The summed E-state index contributed by atoms with van der Waals surface area (Å²) in [5, 5.41) is 0.786. The first-order valence-electron chi connectivity index (χ1n) is 10.0. The van der Waals surface area contributed by atoms with E-state index < -0.39 is 5.97 Å². The van der Waals surface area contributed by atoms with Crippen LogP contribution in [0.5, 0.6) is 11.5 Å². The first kappa shape index (κ1) is 22.4. The third kappa shape index (κ3) is 4.87. The third-order valence-electron chi connectivity index (χ3n) is 4.55. The van der Waals surface area contributed by atoms with Crippen LogP contribution in [-0.4, -0.2) is 43.2 Å². The number of fused-ring (bicyclic) bond motifs is 1. The molecule has 0 atom stereocenters. The highest BCUT2D eigenvalue weighted by Crippen LogP contribution is 2.39. The predicted molar refractivity (Wildman–Crippen MR) is 116 cm³/mol. The van der Waals surface area contributed by atoms with Gasteiger partial charge in [0.25, 0.3) is 5.91 Å². The Morgan fingerprint density at radius 1 is 1.23 bits per heavy atom. The summed E-state index contributed by atoms with van der Waals surface area (Å²) in [4.78, 5) is 32.1. The van der Waals surface area contributed by atoms with E-state index >= 15 is 0 Å². The molecule has 2 aromatic rings. The van der Waals surface area contributed by atoms with Crippen molar-refractivity contribution in [3.05, 3.63) is 33.3 Å². The van der Waals surface area contributed by atoms with Crippen molar-refractivity contribution in [1.29, 1.82) is 0 Å². The van der Waals surface area contributed by atoms with Crippen LogP contribution in [0, 0.1) is 6.92 Å². The van der Waals surface area contributed by atoms with Gasteiger partial charge in [-0.15, -0.1) is 0 Å². The van der Waals surface area contributed by atoms with Crippen LogP contribution in [-0.2, 0) is 4.74 Å². The molecule has 1 aliphatic heterocycles. The molecule has 9 heteroatoms. The topological polar surface area (TPSA) is 78.0 Å². The SMILES string of the molecule is CCCCCN(C(=O)c1cc(Cl)c2c(c1)OCCO2)c1nc(C)c(C(=O)OCC)s1. The fraction of sp³-hybridized carbons (Fsp3) is 0.476. The van der Waals surface area contributed by atoms with Gasteiger partial charge in [-0.25, -0.2) is 9.78 Å². The van der Waals surface area contributed by atoms with E-state index in [2.05, 4.69) is 11.9 Å². The van der Waals surface area contributed by atoms with E-state index in [1.54, 1.807) is 30.9 Å². The highest BCUT2D eigenvalue weighted by atomic mass is 35.5. The number of ether oxygens (including phenoxy) is 3. The summed E-state index contributed by atoms with van der Waals surface area (Å²) in [6.45, 7) is 7.16. The number of nitrogens with zero attached hydrogens (tertiary/aromatic N) is 2. The number of carbonyl (C=O) groups excluding carboxylic acids is 2. The van der Waals surface area contributed by atoms with Crippen LogP contribution < -0.4 is 14.4 Å². The van der Waals surface area contributed by atoms with E-state index in [0.717, 1.165) is 30.6 Å². The zero-order chi connectivity index (χ0) is 21.7. The number of aromatic nitrogens is 1. The summed E-state index contributed by atoms with van der Waals surface area (Å²) in [5.74, 6) is 0.219. The quantitative estimate of drug-likeness (QED) is 0.419. The van der Waals surface area contributed by atoms with Gasteiger partial charge in [0.1, 0.15) is 18.1 Å². The summed E-state index contributed by atoms with van der Waals surface area (Å²) < 4.78 is 16.2. The number of hydrogen-bond donors (Lipinski definition) is 0. The average Bonchev–Trinajstić information content (AvgIpc) is 3.12. The number of rotatable bonds is 8. The van der Waals surface area contributed by atoms with Gasteiger partial charge < -0.3 is 14.2 Å². The standard InChI is InChI=1S/C21H25ClN2O5S/c1-4-6-7-8-24(21-23-13(3)18(30-21)20(26)27-5-2)19(25)14-11-15(22)17-16(12-14)28-9-10-29-17/h11-12H,4-10H2,1-3H3. The number of amides is 1. The Labute approximate surface area is 184 Å². The van der Waals surface area contributed by atoms with Crippen LogP contribution in [0.1, 0.15) is 58.8 Å². The lowest BCUT2D eigenvalue weighted by Crippen LogP contribution is -2.32. The van der Waals surface area contributed by atoms with Gasteiger partial charge in [0, 0.05) is 12.1 Å². The lowest BCUT2D eigenvalue weighted by molar-refractivity contribution is 0.0531. The number of unbranched alkanes of at least 4 members (excludes halogenated alkanes) is 2. The summed E-state index contributed by atoms with van der Waals surface area (Å²) >= 11 is 7.48. The maximum Gasteiger partial charge on any atom is 0.350 e. The van der Waals surface area contributed by atoms with Crippen molar-refractivity contribution < 1.29 is 23.8 Å². The van der Waals surface area contributed by atoms with Crippen LogP contribution in [0.3, 0.4) is 0 Å². The number of halogens is 1. The minimum absolute atomic E-state index is 0.255. The molecule has 0 spiro atoms. The zero-order valence-electron chi connectivity index (χ0n) is 17.3. The fourth-order valence-corrected chi connectivity index (χ4v) is 4.33. The first-order chi connectivity index (χ1) is 14.5. The van der Waals surface area contributed by atoms with Crippen molar-refractivity contribution in [3.63, 3.8) is 0 Å². The van der Waals surface area contributed by atoms with E-state index in [1.165, 1.54) is 0 Å². The Balaban J connectivity index is 1.94. The van der Waals surface area contributed by atoms with Crippen LogP contribution in [0.25, 0.3) is 0 Å². The lowest BCUT2D eigenvalue weighted by Gasteiger charge is -2.23. The number of esters is 1. The van der Waals surface area contributed by atoms with Gasteiger partial charge >= 0.3 is 5.97 Å². The molecule has 3 rings (SSSR count). The molecule has 0 N–H and O–H groups in total. The van der Waals surface area contributed by atoms with Crippen LogP contribution in [0.15, 0.2) is 12.1 Å². The second-order valence-corrected chi connectivity index (χ2v) is 8.16. The average molecular weight is 453 g/mol. The molecule has 30 heavy (non-hydrogen) atoms. The van der Waals surface area contributed by atoms with E-state index in [0.29, 0.717) is 57.5 Å². The predicted octanol–water partition coefficient (Wildman–Crippen LogP) is 4.89. The van der Waals surface area contributed by atoms with Crippen LogP contribution in [0.4, 0.5) is 5.13 Å². The molecule has 7 nitrogen and oxygen atoms in total. The molecule has 1 aromatic carbocycles. The van der Waals surface area contributed by atoms with E-state index in [1.807, 2.05) is 0 Å². The monoisotopic (exact) mass is 452 g/mol. The van der Waals surface area contributed by atoms with Crippen molar-refractivity contribution in [1.82, 2.24) is 4.98 Å². The van der Waals surface area contributed by atoms with E-state index in [4.69, 9.17) is 25.8 Å². The number of aryl methyl sites for hydroxylation is 1. The Kier molecular flexibility index (Phi) is 7.55. The van der Waals surface area contributed by atoms with Crippen molar-refractivity contribution in [2.45, 2.75) is 40.0 Å². The number of thiazole rings is 1. The lowest BCUT2D eigenvalue weighted by atomic mass is 10.1. The number of hydrogen-bond acceptors (Lipinski definition) is 7. The minimum atomic E-state index is -0.429. The normalized spacial score (nSPS) is 12.5. The van der Waals surface area contributed by atoms with Gasteiger partial charge in [-0.05, 0) is 32.4 Å². The van der Waals surface area contributed by atoms with Crippen molar-refractivity contribution in [2.75, 3.05) is 31.3 Å². The maximum absolute atomic E-state index is 13.4. The molecule has 0 unspecified atom stereocenters. The van der Waals surface area contributed by atoms with E-state index in [-0.39, 0.29) is 12.5 Å². The van der Waals surface area contributed by atoms with Crippen LogP contribution >= 0.6 is 22.9 Å². The van der Waals surface area contributed by atoms with Crippen LogP contribution in [0.2, 0.25) is 5.02 Å². The molecule has 0 aliphatic carbocycles. The fourth-order valence-electron chi connectivity index (χ4n) is 3.08. The van der Waals surface area contributed by atoms with E-state index in [9.17, 15) is 9.59 Å². The zero-order valence-corrected chi connectivity index (χ0v) is 18.9. The maximum atomic E-state index is 13.4. The molecule has 1 aliphatic rings. The smallest absolute Gasteiger partial charge is 0.350 e. The Morgan fingerprint density at radius 3 is 2.73 bits per heavy atom. The van der Waals surface area contributed by atoms with Gasteiger partial charge in [-0.3, -0.25) is 9.69 Å². The molecule has 0 saturated carbocycles. The van der Waals surface area contributed by atoms with Crippen molar-refractivity contribution in [3.8, 4) is 11.5 Å². The molecule has 1 amide bonds. The molecule has 162 valence electrons. The summed E-state index contributed by atoms with van der Waals surface area (Å²) in [6.07, 6.45) is 2.80. The van der Waals surface area contributed by atoms with Gasteiger partial charge in [0.15, 0.2) is 16.6 Å². The Hall–Kier alpha value is -2.32. The number of carbonyl (C=O) groups is 2. The largest absolute Gasteiger partial charge is 0.486 e. The molecule has 0 bridgehead atoms. The molecule has 1 aromatic heterocycles. The van der Waals surface area contributed by atoms with Crippen molar-refractivity contribution in [2.24, 2.45) is 0 Å². The highest BCUT2D eigenvalue weighted by Gasteiger charge is 2.27. The summed E-state index contributed by atoms with van der Waals surface area (Å²) in [6, 6.07) is 3.22. The molecule has 2 heterocycles. The molecular formula is C21H25ClN2O5S. The van der Waals surface area contributed by atoms with Gasteiger partial charge in [0.05, 0.1) is 17.3 Å². The molecule has 0 radical (unpaired) electrons. The molecule has 0 fully saturated rings. The summed E-state index contributed by atoms with van der Waals surface area (Å²) in [7, 11) is 0. The van der Waals surface area contributed by atoms with Gasteiger partial charge in [0.2, 0.25) is 0 Å². The first-order valence-corrected chi connectivity index (χ1v) is 11.2. The minimum Gasteiger partial charge on any atom is -0.486 e. The van der Waals surface area contributed by atoms with Crippen molar-refractivity contribution >= 4 is 39.9 Å². The van der Waals surface area contributed by atoms with Gasteiger partial charge in [-0.1, -0.05) is 42.7 Å². The molecular weight excluding hydrogens is 428 g/mol. The number of benzene rings is 1. The second kappa shape index (κ2) is 10.1. The summed E-state index contributed by atoms with van der Waals surface area (Å²) in [5.41, 5.74) is 0.924.